The molecule has 0 aromatic carbocycles. The third-order valence-electron chi connectivity index (χ3n) is 3.33. The van der Waals surface area contributed by atoms with Gasteiger partial charge in [0.25, 0.3) is 0 Å². The SMILES string of the molecule is CNC1CCC(Sc2ccc(Br)cn2)C1C. The number of pyridine rings is 1. The van der Waals surface area contributed by atoms with Crippen LogP contribution in [0.1, 0.15) is 19.8 Å². The van der Waals surface area contributed by atoms with Crippen molar-refractivity contribution in [1.82, 2.24) is 10.3 Å². The maximum absolute atomic E-state index is 4.42. The molecule has 3 atom stereocenters. The predicted molar refractivity (Wildman–Crippen MR) is 72.8 cm³/mol. The van der Waals surface area contributed by atoms with Crippen LogP contribution in [0.3, 0.4) is 0 Å². The highest BCUT2D eigenvalue weighted by Gasteiger charge is 2.32. The van der Waals surface area contributed by atoms with Gasteiger partial charge >= 0.3 is 0 Å². The van der Waals surface area contributed by atoms with Gasteiger partial charge < -0.3 is 5.32 Å². The second kappa shape index (κ2) is 5.52. The number of thioether (sulfide) groups is 1. The lowest BCUT2D eigenvalue weighted by Gasteiger charge is -2.19. The van der Waals surface area contributed by atoms with Crippen molar-refractivity contribution < 1.29 is 0 Å². The maximum Gasteiger partial charge on any atom is 0.0963 e. The van der Waals surface area contributed by atoms with Gasteiger partial charge in [0.2, 0.25) is 0 Å². The summed E-state index contributed by atoms with van der Waals surface area (Å²) in [6.45, 7) is 2.34. The van der Waals surface area contributed by atoms with E-state index in [9.17, 15) is 0 Å². The number of rotatable bonds is 3. The van der Waals surface area contributed by atoms with E-state index in [1.54, 1.807) is 0 Å². The largest absolute Gasteiger partial charge is 0.317 e. The van der Waals surface area contributed by atoms with Crippen LogP contribution in [0.25, 0.3) is 0 Å². The average Bonchev–Trinajstić information content (AvgIpc) is 2.63. The van der Waals surface area contributed by atoms with Gasteiger partial charge in [-0.15, -0.1) is 11.8 Å². The smallest absolute Gasteiger partial charge is 0.0963 e. The van der Waals surface area contributed by atoms with Crippen LogP contribution in [0, 0.1) is 5.92 Å². The summed E-state index contributed by atoms with van der Waals surface area (Å²) in [5, 5.41) is 5.23. The van der Waals surface area contributed by atoms with Gasteiger partial charge in [0.15, 0.2) is 0 Å². The third kappa shape index (κ3) is 2.79. The molecule has 1 heterocycles. The summed E-state index contributed by atoms with van der Waals surface area (Å²) in [5.74, 6) is 0.723. The van der Waals surface area contributed by atoms with E-state index in [0.29, 0.717) is 11.3 Å². The van der Waals surface area contributed by atoms with E-state index in [4.69, 9.17) is 0 Å². The Morgan fingerprint density at radius 3 is 2.81 bits per heavy atom. The van der Waals surface area contributed by atoms with Crippen LogP contribution in [-0.2, 0) is 0 Å². The molecule has 0 bridgehead atoms. The van der Waals surface area contributed by atoms with Gasteiger partial charge in [0, 0.05) is 22.0 Å². The number of nitrogens with one attached hydrogen (secondary N) is 1. The van der Waals surface area contributed by atoms with Crippen molar-refractivity contribution in [2.75, 3.05) is 7.05 Å². The van der Waals surface area contributed by atoms with Gasteiger partial charge in [-0.2, -0.15) is 0 Å². The van der Waals surface area contributed by atoms with Gasteiger partial charge in [-0.05, 0) is 53.9 Å². The van der Waals surface area contributed by atoms with E-state index in [0.717, 1.165) is 15.4 Å². The maximum atomic E-state index is 4.42. The fourth-order valence-corrected chi connectivity index (χ4v) is 3.75. The zero-order valence-electron chi connectivity index (χ0n) is 9.61. The molecule has 1 N–H and O–H groups in total. The first kappa shape index (κ1) is 12.4. The fourth-order valence-electron chi connectivity index (χ4n) is 2.29. The molecule has 0 spiro atoms. The van der Waals surface area contributed by atoms with E-state index in [-0.39, 0.29) is 0 Å². The Morgan fingerprint density at radius 2 is 2.25 bits per heavy atom. The normalized spacial score (nSPS) is 29.6. The van der Waals surface area contributed by atoms with Crippen molar-refractivity contribution in [1.29, 1.82) is 0 Å². The van der Waals surface area contributed by atoms with Crippen LogP contribution in [0.15, 0.2) is 27.8 Å². The Kier molecular flexibility index (Phi) is 4.27. The van der Waals surface area contributed by atoms with Crippen molar-refractivity contribution >= 4 is 27.7 Å². The van der Waals surface area contributed by atoms with E-state index in [2.05, 4.69) is 52.3 Å². The molecule has 1 saturated carbocycles. The lowest BCUT2D eigenvalue weighted by Crippen LogP contribution is -2.30. The summed E-state index contributed by atoms with van der Waals surface area (Å²) in [6, 6.07) is 4.83. The van der Waals surface area contributed by atoms with Crippen LogP contribution < -0.4 is 5.32 Å². The monoisotopic (exact) mass is 300 g/mol. The van der Waals surface area contributed by atoms with Crippen LogP contribution in [0.2, 0.25) is 0 Å². The topological polar surface area (TPSA) is 24.9 Å². The number of aromatic nitrogens is 1. The molecule has 2 nitrogen and oxygen atoms in total. The van der Waals surface area contributed by atoms with Gasteiger partial charge in [-0.3, -0.25) is 0 Å². The minimum Gasteiger partial charge on any atom is -0.317 e. The van der Waals surface area contributed by atoms with E-state index >= 15 is 0 Å². The molecular weight excluding hydrogens is 284 g/mol. The summed E-state index contributed by atoms with van der Waals surface area (Å²) in [4.78, 5) is 4.42. The number of hydrogen-bond acceptors (Lipinski definition) is 3. The first-order valence-corrected chi connectivity index (χ1v) is 7.33. The minimum absolute atomic E-state index is 0.674. The molecule has 1 aliphatic carbocycles. The van der Waals surface area contributed by atoms with Crippen LogP contribution in [0.5, 0.6) is 0 Å². The number of halogens is 1. The molecule has 0 saturated heterocycles. The molecule has 16 heavy (non-hydrogen) atoms. The molecule has 1 aromatic rings. The molecule has 3 unspecified atom stereocenters. The van der Waals surface area contributed by atoms with E-state index in [1.165, 1.54) is 12.8 Å². The second-order valence-electron chi connectivity index (χ2n) is 4.30. The highest BCUT2D eigenvalue weighted by Crippen LogP contribution is 2.38. The Bertz CT molecular complexity index is 341. The van der Waals surface area contributed by atoms with Crippen LogP contribution >= 0.6 is 27.7 Å². The highest BCUT2D eigenvalue weighted by atomic mass is 79.9. The lowest BCUT2D eigenvalue weighted by atomic mass is 10.1. The van der Waals surface area contributed by atoms with Crippen molar-refractivity contribution in [3.8, 4) is 0 Å². The van der Waals surface area contributed by atoms with Gasteiger partial charge in [-0.1, -0.05) is 6.92 Å². The molecule has 0 radical (unpaired) electrons. The fraction of sp³-hybridized carbons (Fsp3) is 0.583. The predicted octanol–water partition coefficient (Wildman–Crippen LogP) is 3.32. The molecule has 88 valence electrons. The third-order valence-corrected chi connectivity index (χ3v) is 5.25. The molecule has 1 fully saturated rings. The average molecular weight is 301 g/mol. The number of hydrogen-bond donors (Lipinski definition) is 1. The standard InChI is InChI=1S/C12H17BrN2S/c1-8-10(14-2)4-5-11(8)16-12-6-3-9(13)7-15-12/h3,6-8,10-11,14H,4-5H2,1-2H3. The molecule has 1 aromatic heterocycles. The van der Waals surface area contributed by atoms with Crippen molar-refractivity contribution in [2.45, 2.75) is 36.1 Å². The molecule has 0 aliphatic heterocycles. The Balaban J connectivity index is 1.98. The van der Waals surface area contributed by atoms with Crippen LogP contribution in [-0.4, -0.2) is 23.3 Å². The first-order chi connectivity index (χ1) is 7.70. The molecule has 2 rings (SSSR count). The van der Waals surface area contributed by atoms with Gasteiger partial charge in [0.05, 0.1) is 5.03 Å². The Hall–Kier alpha value is -0.0600. The lowest BCUT2D eigenvalue weighted by molar-refractivity contribution is 0.464. The number of nitrogens with zero attached hydrogens (tertiary/aromatic N) is 1. The van der Waals surface area contributed by atoms with E-state index < -0.39 is 0 Å². The quantitative estimate of drug-likeness (QED) is 0.927. The molecule has 0 amide bonds. The second-order valence-corrected chi connectivity index (χ2v) is 6.48. The van der Waals surface area contributed by atoms with Gasteiger partial charge in [0.1, 0.15) is 0 Å². The molecular formula is C12H17BrN2S. The zero-order chi connectivity index (χ0) is 11.5. The summed E-state index contributed by atoms with van der Waals surface area (Å²) in [5.41, 5.74) is 0. The minimum atomic E-state index is 0.674. The summed E-state index contributed by atoms with van der Waals surface area (Å²) in [6.07, 6.45) is 4.44. The van der Waals surface area contributed by atoms with Crippen molar-refractivity contribution in [3.05, 3.63) is 22.8 Å². The first-order valence-electron chi connectivity index (χ1n) is 5.66. The molecule has 4 heteroatoms. The van der Waals surface area contributed by atoms with Crippen LogP contribution in [0.4, 0.5) is 0 Å². The summed E-state index contributed by atoms with van der Waals surface area (Å²) >= 11 is 5.32. The van der Waals surface area contributed by atoms with E-state index in [1.807, 2.05) is 18.0 Å². The van der Waals surface area contributed by atoms with Crippen molar-refractivity contribution in [2.24, 2.45) is 5.92 Å². The Labute approximate surface area is 110 Å². The Morgan fingerprint density at radius 1 is 1.44 bits per heavy atom. The highest BCUT2D eigenvalue weighted by molar-refractivity contribution is 9.10. The van der Waals surface area contributed by atoms with Crippen molar-refractivity contribution in [3.63, 3.8) is 0 Å². The summed E-state index contributed by atoms with van der Waals surface area (Å²) in [7, 11) is 2.06. The summed E-state index contributed by atoms with van der Waals surface area (Å²) < 4.78 is 1.05. The molecule has 1 aliphatic rings. The van der Waals surface area contributed by atoms with Gasteiger partial charge in [-0.25, -0.2) is 4.98 Å². The zero-order valence-corrected chi connectivity index (χ0v) is 12.0.